The normalized spacial score (nSPS) is 13.5. The second-order valence-electron chi connectivity index (χ2n) is 6.83. The molecule has 1 aliphatic heterocycles. The first-order valence-electron chi connectivity index (χ1n) is 9.49. The SMILES string of the molecule is O=C(Nc1ccc(-c2nc3ccccc3o2)cc1)c1cccc(N2CCOC2=O)c1. The molecule has 148 valence electrons. The standard InChI is InChI=1S/C23H17N3O4/c27-21(16-4-3-5-18(14-16)26-12-13-29-23(26)28)24-17-10-8-15(9-11-17)22-25-19-6-1-2-7-20(19)30-22/h1-11,14H,12-13H2,(H,24,27). The second-order valence-corrected chi connectivity index (χ2v) is 6.83. The van der Waals surface area contributed by atoms with Crippen molar-refractivity contribution in [2.45, 2.75) is 0 Å². The molecule has 7 nitrogen and oxygen atoms in total. The van der Waals surface area contributed by atoms with Gasteiger partial charge in [0.15, 0.2) is 5.58 Å². The van der Waals surface area contributed by atoms with Crippen molar-refractivity contribution in [3.63, 3.8) is 0 Å². The van der Waals surface area contributed by atoms with E-state index in [-0.39, 0.29) is 5.91 Å². The van der Waals surface area contributed by atoms with Gasteiger partial charge in [-0.2, -0.15) is 0 Å². The molecule has 0 radical (unpaired) electrons. The predicted molar refractivity (Wildman–Crippen MR) is 113 cm³/mol. The Bertz CT molecular complexity index is 1210. The molecule has 1 N–H and O–H groups in total. The molecule has 2 heterocycles. The van der Waals surface area contributed by atoms with E-state index in [1.165, 1.54) is 4.90 Å². The lowest BCUT2D eigenvalue weighted by Crippen LogP contribution is -2.23. The number of cyclic esters (lactones) is 1. The number of amides is 2. The van der Waals surface area contributed by atoms with Crippen LogP contribution in [0.1, 0.15) is 10.4 Å². The third-order valence-corrected chi connectivity index (χ3v) is 4.86. The van der Waals surface area contributed by atoms with Crippen LogP contribution >= 0.6 is 0 Å². The molecule has 2 amide bonds. The average molecular weight is 399 g/mol. The van der Waals surface area contributed by atoms with Crippen molar-refractivity contribution in [1.29, 1.82) is 0 Å². The van der Waals surface area contributed by atoms with E-state index in [0.29, 0.717) is 36.0 Å². The number of aromatic nitrogens is 1. The van der Waals surface area contributed by atoms with Crippen molar-refractivity contribution < 1.29 is 18.7 Å². The fraction of sp³-hybridized carbons (Fsp3) is 0.0870. The number of carbonyl (C=O) groups excluding carboxylic acids is 2. The number of oxazole rings is 1. The lowest BCUT2D eigenvalue weighted by Gasteiger charge is -2.13. The molecule has 3 aromatic carbocycles. The minimum atomic E-state index is -0.401. The molecule has 0 atom stereocenters. The molecule has 0 saturated carbocycles. The Kier molecular flexibility index (Phi) is 4.40. The van der Waals surface area contributed by atoms with E-state index in [2.05, 4.69) is 10.3 Å². The minimum absolute atomic E-state index is 0.265. The molecule has 0 unspecified atom stereocenters. The van der Waals surface area contributed by atoms with Crippen LogP contribution in [0.15, 0.2) is 77.2 Å². The Morgan fingerprint density at radius 2 is 1.83 bits per heavy atom. The molecule has 1 saturated heterocycles. The van der Waals surface area contributed by atoms with Crippen LogP contribution in [0, 0.1) is 0 Å². The third kappa shape index (κ3) is 3.37. The van der Waals surface area contributed by atoms with Gasteiger partial charge in [-0.25, -0.2) is 9.78 Å². The van der Waals surface area contributed by atoms with E-state index in [0.717, 1.165) is 16.7 Å². The van der Waals surface area contributed by atoms with Gasteiger partial charge in [0.2, 0.25) is 5.89 Å². The predicted octanol–water partition coefficient (Wildman–Crippen LogP) is 4.70. The van der Waals surface area contributed by atoms with E-state index in [1.54, 1.807) is 36.4 Å². The molecule has 1 fully saturated rings. The Labute approximate surface area is 171 Å². The molecule has 1 aromatic heterocycles. The van der Waals surface area contributed by atoms with Gasteiger partial charge in [-0.3, -0.25) is 9.69 Å². The summed E-state index contributed by atoms with van der Waals surface area (Å²) >= 11 is 0. The lowest BCUT2D eigenvalue weighted by atomic mass is 10.1. The van der Waals surface area contributed by atoms with Crippen molar-refractivity contribution in [3.8, 4) is 11.5 Å². The van der Waals surface area contributed by atoms with Crippen molar-refractivity contribution in [2.75, 3.05) is 23.4 Å². The first-order chi connectivity index (χ1) is 14.7. The molecule has 7 heteroatoms. The maximum atomic E-state index is 12.7. The van der Waals surface area contributed by atoms with Gasteiger partial charge < -0.3 is 14.5 Å². The van der Waals surface area contributed by atoms with Crippen molar-refractivity contribution in [2.24, 2.45) is 0 Å². The first kappa shape index (κ1) is 17.9. The number of ether oxygens (including phenoxy) is 1. The molecule has 0 spiro atoms. The quantitative estimate of drug-likeness (QED) is 0.537. The monoisotopic (exact) mass is 399 g/mol. The number of hydrogen-bond acceptors (Lipinski definition) is 5. The van der Waals surface area contributed by atoms with Gasteiger partial charge in [0.1, 0.15) is 12.1 Å². The molecule has 0 bridgehead atoms. The number of nitrogens with zero attached hydrogens (tertiary/aromatic N) is 2. The summed E-state index contributed by atoms with van der Waals surface area (Å²) in [6.07, 6.45) is -0.401. The number of rotatable bonds is 4. The zero-order valence-electron chi connectivity index (χ0n) is 15.9. The van der Waals surface area contributed by atoms with Crippen LogP contribution < -0.4 is 10.2 Å². The minimum Gasteiger partial charge on any atom is -0.447 e. The number of hydrogen-bond donors (Lipinski definition) is 1. The van der Waals surface area contributed by atoms with Gasteiger partial charge in [-0.1, -0.05) is 18.2 Å². The van der Waals surface area contributed by atoms with Crippen molar-refractivity contribution >= 4 is 34.5 Å². The number of nitrogens with one attached hydrogen (secondary N) is 1. The zero-order chi connectivity index (χ0) is 20.5. The summed E-state index contributed by atoms with van der Waals surface area (Å²) in [6, 6.07) is 21.8. The summed E-state index contributed by atoms with van der Waals surface area (Å²) in [4.78, 5) is 30.4. The summed E-state index contributed by atoms with van der Waals surface area (Å²) in [6.45, 7) is 0.822. The largest absolute Gasteiger partial charge is 0.447 e. The van der Waals surface area contributed by atoms with Crippen LogP contribution in [0.25, 0.3) is 22.6 Å². The third-order valence-electron chi connectivity index (χ3n) is 4.86. The van der Waals surface area contributed by atoms with Gasteiger partial charge in [-0.05, 0) is 54.6 Å². The van der Waals surface area contributed by atoms with Gasteiger partial charge in [0.05, 0.1) is 6.54 Å². The number of fused-ring (bicyclic) bond motifs is 1. The topological polar surface area (TPSA) is 84.7 Å². The van der Waals surface area contributed by atoms with Crippen molar-refractivity contribution in [3.05, 3.63) is 78.4 Å². The summed E-state index contributed by atoms with van der Waals surface area (Å²) in [5.74, 6) is 0.262. The van der Waals surface area contributed by atoms with Gasteiger partial charge in [0, 0.05) is 22.5 Å². The fourth-order valence-corrected chi connectivity index (χ4v) is 3.34. The molecule has 1 aliphatic rings. The number of anilines is 2. The zero-order valence-corrected chi connectivity index (χ0v) is 15.9. The van der Waals surface area contributed by atoms with Gasteiger partial charge in [-0.15, -0.1) is 0 Å². The van der Waals surface area contributed by atoms with E-state index < -0.39 is 6.09 Å². The van der Waals surface area contributed by atoms with Crippen LogP contribution in [0.5, 0.6) is 0 Å². The fourth-order valence-electron chi connectivity index (χ4n) is 3.34. The maximum Gasteiger partial charge on any atom is 0.414 e. The molecule has 30 heavy (non-hydrogen) atoms. The summed E-state index contributed by atoms with van der Waals surface area (Å²) in [5, 5.41) is 2.87. The number of para-hydroxylation sites is 2. The number of benzene rings is 3. The Morgan fingerprint density at radius 3 is 2.60 bits per heavy atom. The molecule has 5 rings (SSSR count). The average Bonchev–Trinajstić information content (AvgIpc) is 3.40. The Balaban J connectivity index is 1.32. The Morgan fingerprint density at radius 1 is 1.00 bits per heavy atom. The molecular formula is C23H17N3O4. The maximum absolute atomic E-state index is 12.7. The smallest absolute Gasteiger partial charge is 0.414 e. The highest BCUT2D eigenvalue weighted by Gasteiger charge is 2.24. The molecule has 0 aliphatic carbocycles. The highest BCUT2D eigenvalue weighted by Crippen LogP contribution is 2.26. The van der Waals surface area contributed by atoms with E-state index >= 15 is 0 Å². The lowest BCUT2D eigenvalue weighted by molar-refractivity contribution is 0.102. The summed E-state index contributed by atoms with van der Waals surface area (Å²) in [5.41, 5.74) is 4.08. The summed E-state index contributed by atoms with van der Waals surface area (Å²) in [7, 11) is 0. The highest BCUT2D eigenvalue weighted by molar-refractivity contribution is 6.05. The second kappa shape index (κ2) is 7.36. The van der Waals surface area contributed by atoms with Gasteiger partial charge >= 0.3 is 6.09 Å². The highest BCUT2D eigenvalue weighted by atomic mass is 16.6. The van der Waals surface area contributed by atoms with Crippen LogP contribution in [0.2, 0.25) is 0 Å². The van der Waals surface area contributed by atoms with Crippen LogP contribution in [-0.2, 0) is 4.74 Å². The van der Waals surface area contributed by atoms with Crippen molar-refractivity contribution in [1.82, 2.24) is 4.98 Å². The van der Waals surface area contributed by atoms with Crippen LogP contribution in [0.3, 0.4) is 0 Å². The van der Waals surface area contributed by atoms with Gasteiger partial charge in [0.25, 0.3) is 5.91 Å². The number of carbonyl (C=O) groups is 2. The first-order valence-corrected chi connectivity index (χ1v) is 9.49. The van der Waals surface area contributed by atoms with Crippen LogP contribution in [0.4, 0.5) is 16.2 Å². The Hall–Kier alpha value is -4.13. The molecule has 4 aromatic rings. The van der Waals surface area contributed by atoms with E-state index in [4.69, 9.17) is 9.15 Å². The molecular weight excluding hydrogens is 382 g/mol. The van der Waals surface area contributed by atoms with E-state index in [9.17, 15) is 9.59 Å². The van der Waals surface area contributed by atoms with Crippen LogP contribution in [-0.4, -0.2) is 30.1 Å². The summed E-state index contributed by atoms with van der Waals surface area (Å²) < 4.78 is 10.7. The van der Waals surface area contributed by atoms with E-state index in [1.807, 2.05) is 36.4 Å².